The molecule has 174 valence electrons. The molecular weight excluding hydrogens is 444 g/mol. The van der Waals surface area contributed by atoms with Crippen molar-refractivity contribution < 1.29 is 22.7 Å². The van der Waals surface area contributed by atoms with E-state index in [1.165, 1.54) is 12.1 Å². The van der Waals surface area contributed by atoms with Crippen LogP contribution in [-0.2, 0) is 21.2 Å². The summed E-state index contributed by atoms with van der Waals surface area (Å²) in [5, 5.41) is 19.1. The third-order valence-corrected chi connectivity index (χ3v) is 6.81. The van der Waals surface area contributed by atoms with Crippen molar-refractivity contribution >= 4 is 37.9 Å². The van der Waals surface area contributed by atoms with Gasteiger partial charge in [-0.1, -0.05) is 32.9 Å². The number of benzene rings is 2. The molecule has 10 heteroatoms. The molecule has 0 saturated carbocycles. The van der Waals surface area contributed by atoms with Gasteiger partial charge in [0.05, 0.1) is 22.5 Å². The van der Waals surface area contributed by atoms with Gasteiger partial charge in [0.2, 0.25) is 10.0 Å². The number of furan rings is 1. The summed E-state index contributed by atoms with van der Waals surface area (Å²) in [5.41, 5.74) is 2.79. The van der Waals surface area contributed by atoms with Crippen LogP contribution >= 0.6 is 0 Å². The Morgan fingerprint density at radius 1 is 1.09 bits per heavy atom. The van der Waals surface area contributed by atoms with E-state index in [9.17, 15) is 18.3 Å². The van der Waals surface area contributed by atoms with Crippen molar-refractivity contribution in [3.63, 3.8) is 0 Å². The molecule has 2 aromatic heterocycles. The minimum absolute atomic E-state index is 0.0247. The molecule has 2 N–H and O–H groups in total. The Kier molecular flexibility index (Phi) is 5.98. The summed E-state index contributed by atoms with van der Waals surface area (Å²) in [6, 6.07) is 8.79. The third kappa shape index (κ3) is 4.62. The van der Waals surface area contributed by atoms with E-state index in [0.717, 1.165) is 23.2 Å². The van der Waals surface area contributed by atoms with Gasteiger partial charge in [-0.25, -0.2) is 13.1 Å². The van der Waals surface area contributed by atoms with E-state index in [-0.39, 0.29) is 4.90 Å². The van der Waals surface area contributed by atoms with Gasteiger partial charge < -0.3 is 9.52 Å². The number of nitrogens with zero attached hydrogens (tertiary/aromatic N) is 3. The molecule has 9 nitrogen and oxygen atoms in total. The Morgan fingerprint density at radius 3 is 2.52 bits per heavy atom. The topological polar surface area (TPSA) is 127 Å². The van der Waals surface area contributed by atoms with Gasteiger partial charge >= 0.3 is 5.97 Å². The van der Waals surface area contributed by atoms with Crippen LogP contribution < -0.4 is 4.72 Å². The fourth-order valence-electron chi connectivity index (χ4n) is 3.70. The fourth-order valence-corrected chi connectivity index (χ4v) is 5.06. The Labute approximate surface area is 191 Å². The smallest absolute Gasteiger partial charge is 0.322 e. The lowest BCUT2D eigenvalue weighted by Gasteiger charge is -2.17. The highest BCUT2D eigenvalue weighted by molar-refractivity contribution is 7.89. The number of carboxylic acid groups (broad SMARTS) is 1. The zero-order chi connectivity index (χ0) is 23.9. The van der Waals surface area contributed by atoms with Gasteiger partial charge in [-0.15, -0.1) is 5.10 Å². The largest absolute Gasteiger partial charge is 0.480 e. The second-order valence-corrected chi connectivity index (χ2v) is 10.6. The number of rotatable bonds is 8. The van der Waals surface area contributed by atoms with Gasteiger partial charge in [0.15, 0.2) is 0 Å². The van der Waals surface area contributed by atoms with Crippen molar-refractivity contribution in [1.82, 2.24) is 19.7 Å². The second-order valence-electron chi connectivity index (χ2n) is 8.87. The molecule has 0 fully saturated rings. The number of aliphatic carboxylic acids is 1. The van der Waals surface area contributed by atoms with E-state index < -0.39 is 28.0 Å². The molecule has 2 heterocycles. The second kappa shape index (κ2) is 8.60. The average Bonchev–Trinajstić information content (AvgIpc) is 3.34. The van der Waals surface area contributed by atoms with E-state index >= 15 is 0 Å². The van der Waals surface area contributed by atoms with Crippen molar-refractivity contribution in [3.8, 4) is 5.69 Å². The van der Waals surface area contributed by atoms with E-state index in [1.807, 2.05) is 24.4 Å². The molecule has 0 amide bonds. The van der Waals surface area contributed by atoms with Crippen molar-refractivity contribution in [2.24, 2.45) is 11.8 Å². The van der Waals surface area contributed by atoms with Gasteiger partial charge in [0, 0.05) is 16.8 Å². The predicted octanol–water partition coefficient (Wildman–Crippen LogP) is 3.75. The Balaban J connectivity index is 1.70. The highest BCUT2D eigenvalue weighted by atomic mass is 32.2. The molecule has 4 aromatic rings. The van der Waals surface area contributed by atoms with Gasteiger partial charge in [0.25, 0.3) is 0 Å². The van der Waals surface area contributed by atoms with Crippen LogP contribution in [0.1, 0.15) is 33.4 Å². The number of hydrogen-bond acceptors (Lipinski definition) is 6. The van der Waals surface area contributed by atoms with E-state index in [0.29, 0.717) is 22.5 Å². The monoisotopic (exact) mass is 470 g/mol. The first-order valence-corrected chi connectivity index (χ1v) is 12.2. The van der Waals surface area contributed by atoms with Gasteiger partial charge in [0.1, 0.15) is 17.2 Å². The predicted molar refractivity (Wildman–Crippen MR) is 124 cm³/mol. The molecule has 0 radical (unpaired) electrons. The number of carboxylic acids is 1. The van der Waals surface area contributed by atoms with Crippen LogP contribution in [0.15, 0.2) is 51.9 Å². The van der Waals surface area contributed by atoms with Crippen LogP contribution in [0.5, 0.6) is 0 Å². The SMILES string of the molecule is CC(C)Cc1cn(-c2ccc3c(c2)oc2ccc(S(=O)(=O)NC(C(=O)O)C(C)C)cc23)nn1. The molecule has 1 unspecified atom stereocenters. The van der Waals surface area contributed by atoms with Gasteiger partial charge in [-0.2, -0.15) is 4.72 Å². The number of carbonyl (C=O) groups is 1. The first-order chi connectivity index (χ1) is 15.5. The maximum Gasteiger partial charge on any atom is 0.322 e. The zero-order valence-corrected chi connectivity index (χ0v) is 19.6. The van der Waals surface area contributed by atoms with E-state index in [1.54, 1.807) is 24.6 Å². The Morgan fingerprint density at radius 2 is 1.85 bits per heavy atom. The molecule has 1 atom stereocenters. The summed E-state index contributed by atoms with van der Waals surface area (Å²) >= 11 is 0. The Bertz CT molecular complexity index is 1440. The molecule has 2 aromatic carbocycles. The Hall–Kier alpha value is -3.24. The number of fused-ring (bicyclic) bond motifs is 3. The quantitative estimate of drug-likeness (QED) is 0.401. The molecule has 33 heavy (non-hydrogen) atoms. The highest BCUT2D eigenvalue weighted by Gasteiger charge is 2.28. The van der Waals surface area contributed by atoms with Crippen LogP contribution in [0.2, 0.25) is 0 Å². The average molecular weight is 471 g/mol. The maximum atomic E-state index is 12.8. The number of aromatic nitrogens is 3. The minimum atomic E-state index is -4.04. The van der Waals surface area contributed by atoms with Crippen LogP contribution in [0.25, 0.3) is 27.6 Å². The van der Waals surface area contributed by atoms with Crippen LogP contribution in [-0.4, -0.2) is 40.5 Å². The normalized spacial score (nSPS) is 13.4. The third-order valence-electron chi connectivity index (χ3n) is 5.37. The summed E-state index contributed by atoms with van der Waals surface area (Å²) in [6.07, 6.45) is 2.71. The van der Waals surface area contributed by atoms with Crippen LogP contribution in [0.4, 0.5) is 0 Å². The summed E-state index contributed by atoms with van der Waals surface area (Å²) in [4.78, 5) is 11.4. The number of sulfonamides is 1. The first kappa shape index (κ1) is 22.9. The summed E-state index contributed by atoms with van der Waals surface area (Å²) < 4.78 is 35.6. The lowest BCUT2D eigenvalue weighted by atomic mass is 10.1. The minimum Gasteiger partial charge on any atom is -0.480 e. The molecule has 0 bridgehead atoms. The number of hydrogen-bond donors (Lipinski definition) is 2. The molecule has 0 spiro atoms. The van der Waals surface area contributed by atoms with Crippen LogP contribution in [0, 0.1) is 11.8 Å². The van der Waals surface area contributed by atoms with Crippen molar-refractivity contribution in [2.75, 3.05) is 0 Å². The molecule has 0 aliphatic heterocycles. The molecule has 0 saturated heterocycles. The summed E-state index contributed by atoms with van der Waals surface area (Å²) in [7, 11) is -4.04. The maximum absolute atomic E-state index is 12.8. The van der Waals surface area contributed by atoms with Gasteiger partial charge in [-0.05, 0) is 48.6 Å². The number of nitrogens with one attached hydrogen (secondary N) is 1. The van der Waals surface area contributed by atoms with Gasteiger partial charge in [-0.3, -0.25) is 4.79 Å². The molecule has 4 rings (SSSR count). The standard InChI is InChI=1S/C23H26N4O5S/c1-13(2)9-15-12-27(26-24-15)16-5-7-18-19-11-17(6-8-20(19)32-21(18)10-16)33(30,31)25-22(14(3)4)23(28)29/h5-8,10-14,22,25H,9H2,1-4H3,(H,28,29). The highest BCUT2D eigenvalue weighted by Crippen LogP contribution is 2.32. The van der Waals surface area contributed by atoms with Crippen LogP contribution in [0.3, 0.4) is 0 Å². The zero-order valence-electron chi connectivity index (χ0n) is 18.8. The van der Waals surface area contributed by atoms with Crippen molar-refractivity contribution in [3.05, 3.63) is 48.3 Å². The first-order valence-electron chi connectivity index (χ1n) is 10.7. The summed E-state index contributed by atoms with van der Waals surface area (Å²) in [6.45, 7) is 7.53. The van der Waals surface area contributed by atoms with Crippen molar-refractivity contribution in [2.45, 2.75) is 45.1 Å². The lowest BCUT2D eigenvalue weighted by Crippen LogP contribution is -2.44. The fraction of sp³-hybridized carbons (Fsp3) is 0.348. The summed E-state index contributed by atoms with van der Waals surface area (Å²) in [5.74, 6) is -1.16. The van der Waals surface area contributed by atoms with Crippen molar-refractivity contribution in [1.29, 1.82) is 0 Å². The molecular formula is C23H26N4O5S. The molecule has 0 aliphatic rings. The van der Waals surface area contributed by atoms with E-state index in [2.05, 4.69) is 28.9 Å². The lowest BCUT2D eigenvalue weighted by molar-refractivity contribution is -0.140. The molecule has 0 aliphatic carbocycles. The van der Waals surface area contributed by atoms with E-state index in [4.69, 9.17) is 4.42 Å².